The summed E-state index contributed by atoms with van der Waals surface area (Å²) in [5, 5.41) is 37.3. The molecule has 0 saturated carbocycles. The zero-order chi connectivity index (χ0) is 12.3. The van der Waals surface area contributed by atoms with E-state index in [1.165, 1.54) is 0 Å². The monoisotopic (exact) mass is 233 g/mol. The highest BCUT2D eigenvalue weighted by Gasteiger charge is 2.46. The van der Waals surface area contributed by atoms with Crippen molar-refractivity contribution >= 4 is 5.97 Å². The van der Waals surface area contributed by atoms with E-state index in [0.717, 1.165) is 0 Å². The summed E-state index contributed by atoms with van der Waals surface area (Å²) >= 11 is 0. The quantitative estimate of drug-likeness (QED) is 0.464. The van der Waals surface area contributed by atoms with Crippen LogP contribution in [-0.4, -0.2) is 70.8 Å². The molecule has 2 atom stereocenters. The van der Waals surface area contributed by atoms with E-state index in [4.69, 9.17) is 5.11 Å². The fourth-order valence-electron chi connectivity index (χ4n) is 2.43. The smallest absolute Gasteiger partial charge is 0.303 e. The lowest BCUT2D eigenvalue weighted by Gasteiger charge is -2.46. The van der Waals surface area contributed by atoms with Gasteiger partial charge in [0.15, 0.2) is 0 Å². The van der Waals surface area contributed by atoms with Crippen LogP contribution in [0.15, 0.2) is 0 Å². The summed E-state index contributed by atoms with van der Waals surface area (Å²) in [6.07, 6.45) is -1.15. The number of likely N-dealkylation sites (tertiary alicyclic amines) is 1. The predicted octanol–water partition coefficient (Wildman–Crippen LogP) is -1.65. The molecule has 16 heavy (non-hydrogen) atoms. The van der Waals surface area contributed by atoms with E-state index in [1.54, 1.807) is 7.05 Å². The molecule has 4 N–H and O–H groups in total. The molecule has 6 heteroatoms. The number of hydrogen-bond acceptors (Lipinski definition) is 5. The summed E-state index contributed by atoms with van der Waals surface area (Å²) in [5.74, 6) is -1.44. The number of piperidine rings is 1. The molecule has 0 spiro atoms. The second-order valence-electron chi connectivity index (χ2n) is 4.68. The molecule has 1 rings (SSSR count). The predicted molar refractivity (Wildman–Crippen MR) is 55.9 cm³/mol. The van der Waals surface area contributed by atoms with Crippen molar-refractivity contribution in [3.05, 3.63) is 0 Å². The van der Waals surface area contributed by atoms with Gasteiger partial charge in [0.25, 0.3) is 0 Å². The molecular formula is C10H19NO5. The van der Waals surface area contributed by atoms with Crippen LogP contribution in [0.25, 0.3) is 0 Å². The maximum absolute atomic E-state index is 10.7. The summed E-state index contributed by atoms with van der Waals surface area (Å²) in [6, 6.07) is 0. The molecule has 6 nitrogen and oxygen atoms in total. The molecule has 1 aliphatic rings. The lowest BCUT2D eigenvalue weighted by molar-refractivity contribution is -0.150. The van der Waals surface area contributed by atoms with E-state index < -0.39 is 23.4 Å². The minimum atomic E-state index is -1.02. The van der Waals surface area contributed by atoms with Crippen LogP contribution in [0.1, 0.15) is 6.42 Å². The number of carboxylic acid groups (broad SMARTS) is 1. The molecule has 0 aromatic carbocycles. The van der Waals surface area contributed by atoms with Crippen LogP contribution in [-0.2, 0) is 4.79 Å². The summed E-state index contributed by atoms with van der Waals surface area (Å²) in [7, 11) is 1.78. The Morgan fingerprint density at radius 2 is 2.00 bits per heavy atom. The lowest BCUT2D eigenvalue weighted by Crippen LogP contribution is -2.59. The second-order valence-corrected chi connectivity index (χ2v) is 4.68. The van der Waals surface area contributed by atoms with Gasteiger partial charge in [-0.05, 0) is 7.05 Å². The Bertz CT molecular complexity index is 254. The fraction of sp³-hybridized carbons (Fsp3) is 0.900. The molecule has 0 aromatic rings. The molecule has 1 fully saturated rings. The molecule has 94 valence electrons. The number of aliphatic carboxylic acids is 1. The molecule has 0 radical (unpaired) electrons. The van der Waals surface area contributed by atoms with Gasteiger partial charge in [0, 0.05) is 19.0 Å². The first kappa shape index (κ1) is 13.4. The van der Waals surface area contributed by atoms with E-state index in [-0.39, 0.29) is 19.6 Å². The third-order valence-electron chi connectivity index (χ3n) is 3.27. The normalized spacial score (nSPS) is 30.2. The van der Waals surface area contributed by atoms with Gasteiger partial charge in [-0.3, -0.25) is 4.79 Å². The number of carboxylic acids is 1. The Hall–Kier alpha value is -0.690. The topological polar surface area (TPSA) is 101 Å². The minimum absolute atomic E-state index is 0.159. The van der Waals surface area contributed by atoms with Gasteiger partial charge in [0.1, 0.15) is 0 Å². The van der Waals surface area contributed by atoms with E-state index >= 15 is 0 Å². The van der Waals surface area contributed by atoms with Crippen molar-refractivity contribution in [1.82, 2.24) is 4.90 Å². The maximum atomic E-state index is 10.7. The molecule has 1 saturated heterocycles. The molecule has 0 aliphatic carbocycles. The summed E-state index contributed by atoms with van der Waals surface area (Å²) in [4.78, 5) is 12.5. The third-order valence-corrected chi connectivity index (χ3v) is 3.27. The van der Waals surface area contributed by atoms with Gasteiger partial charge >= 0.3 is 5.97 Å². The van der Waals surface area contributed by atoms with E-state index in [0.29, 0.717) is 13.1 Å². The van der Waals surface area contributed by atoms with Crippen molar-refractivity contribution < 1.29 is 25.2 Å². The Morgan fingerprint density at radius 3 is 2.44 bits per heavy atom. The molecule has 1 heterocycles. The maximum Gasteiger partial charge on any atom is 0.303 e. The van der Waals surface area contributed by atoms with Crippen molar-refractivity contribution in [1.29, 1.82) is 0 Å². The third kappa shape index (κ3) is 2.52. The molecule has 0 aromatic heterocycles. The standard InChI is InChI=1S/C10H19NO5/c1-11-3-7(2-8(14)15)9(16)10(4-11,5-12)6-13/h7,9,12-13,16H,2-6H2,1H3,(H,14,15). The first-order valence-electron chi connectivity index (χ1n) is 5.25. The fourth-order valence-corrected chi connectivity index (χ4v) is 2.43. The van der Waals surface area contributed by atoms with Gasteiger partial charge in [-0.25, -0.2) is 0 Å². The number of nitrogens with zero attached hydrogens (tertiary/aromatic N) is 1. The molecule has 0 bridgehead atoms. The van der Waals surface area contributed by atoms with Crippen LogP contribution in [0.4, 0.5) is 0 Å². The zero-order valence-corrected chi connectivity index (χ0v) is 9.33. The van der Waals surface area contributed by atoms with Gasteiger partial charge < -0.3 is 25.3 Å². The SMILES string of the molecule is CN1CC(CC(=O)O)C(O)C(CO)(CO)C1. The highest BCUT2D eigenvalue weighted by molar-refractivity contribution is 5.67. The lowest BCUT2D eigenvalue weighted by atomic mass is 9.73. The van der Waals surface area contributed by atoms with Crippen molar-refractivity contribution in [3.63, 3.8) is 0 Å². The van der Waals surface area contributed by atoms with Crippen LogP contribution < -0.4 is 0 Å². The Labute approximate surface area is 94.1 Å². The van der Waals surface area contributed by atoms with Crippen molar-refractivity contribution in [3.8, 4) is 0 Å². The summed E-state index contributed by atoms with van der Waals surface area (Å²) in [5.41, 5.74) is -1.02. The van der Waals surface area contributed by atoms with E-state index in [2.05, 4.69) is 0 Å². The van der Waals surface area contributed by atoms with E-state index in [1.807, 2.05) is 4.90 Å². The van der Waals surface area contributed by atoms with Crippen molar-refractivity contribution in [2.24, 2.45) is 11.3 Å². The van der Waals surface area contributed by atoms with Crippen LogP contribution >= 0.6 is 0 Å². The first-order chi connectivity index (χ1) is 7.45. The van der Waals surface area contributed by atoms with Gasteiger partial charge in [-0.2, -0.15) is 0 Å². The summed E-state index contributed by atoms with van der Waals surface area (Å²) < 4.78 is 0. The molecule has 1 aliphatic heterocycles. The Morgan fingerprint density at radius 1 is 1.44 bits per heavy atom. The average Bonchev–Trinajstić information content (AvgIpc) is 2.22. The second kappa shape index (κ2) is 5.09. The van der Waals surface area contributed by atoms with Crippen LogP contribution in [0, 0.1) is 11.3 Å². The minimum Gasteiger partial charge on any atom is -0.481 e. The van der Waals surface area contributed by atoms with Crippen LogP contribution in [0.3, 0.4) is 0 Å². The van der Waals surface area contributed by atoms with Crippen LogP contribution in [0.2, 0.25) is 0 Å². The van der Waals surface area contributed by atoms with Gasteiger partial charge in [-0.15, -0.1) is 0 Å². The Balaban J connectivity index is 2.84. The highest BCUT2D eigenvalue weighted by Crippen LogP contribution is 2.33. The van der Waals surface area contributed by atoms with E-state index in [9.17, 15) is 20.1 Å². The van der Waals surface area contributed by atoms with Gasteiger partial charge in [-0.1, -0.05) is 0 Å². The zero-order valence-electron chi connectivity index (χ0n) is 9.33. The summed E-state index contributed by atoms with van der Waals surface area (Å²) in [6.45, 7) is 0.1000. The first-order valence-corrected chi connectivity index (χ1v) is 5.25. The van der Waals surface area contributed by atoms with Crippen LogP contribution in [0.5, 0.6) is 0 Å². The average molecular weight is 233 g/mol. The van der Waals surface area contributed by atoms with Gasteiger partial charge in [0.05, 0.1) is 31.2 Å². The van der Waals surface area contributed by atoms with Crippen molar-refractivity contribution in [2.45, 2.75) is 12.5 Å². The number of hydrogen-bond donors (Lipinski definition) is 4. The number of carbonyl (C=O) groups is 1. The highest BCUT2D eigenvalue weighted by atomic mass is 16.4. The number of aliphatic hydroxyl groups is 3. The number of aliphatic hydroxyl groups excluding tert-OH is 3. The molecule has 2 unspecified atom stereocenters. The Kier molecular flexibility index (Phi) is 4.26. The molecular weight excluding hydrogens is 214 g/mol. The molecule has 0 amide bonds. The number of rotatable bonds is 4. The van der Waals surface area contributed by atoms with Crippen molar-refractivity contribution in [2.75, 3.05) is 33.4 Å². The largest absolute Gasteiger partial charge is 0.481 e. The van der Waals surface area contributed by atoms with Gasteiger partial charge in [0.2, 0.25) is 0 Å².